The molecule has 0 radical (unpaired) electrons. The second-order valence-electron chi connectivity index (χ2n) is 6.43. The summed E-state index contributed by atoms with van der Waals surface area (Å²) >= 11 is 0. The molecule has 2 aliphatic carbocycles. The third-order valence-electron chi connectivity index (χ3n) is 5.18. The maximum Gasteiger partial charge on any atom is 0.248 e. The first kappa shape index (κ1) is 13.9. The Balaban J connectivity index is 1.77. The molecule has 110 valence electrons. The molecule has 1 fully saturated rings. The quantitative estimate of drug-likeness (QED) is 0.888. The number of pyridine rings is 1. The highest BCUT2D eigenvalue weighted by molar-refractivity contribution is 5.26. The van der Waals surface area contributed by atoms with E-state index in [0.29, 0.717) is 12.1 Å². The van der Waals surface area contributed by atoms with Crippen LogP contribution in [0.3, 0.4) is 0 Å². The van der Waals surface area contributed by atoms with E-state index in [1.165, 1.54) is 50.5 Å². The minimum absolute atomic E-state index is 0.0356. The first-order valence-electron chi connectivity index (χ1n) is 8.26. The maximum absolute atomic E-state index is 11.5. The van der Waals surface area contributed by atoms with Crippen LogP contribution in [0.1, 0.15) is 69.2 Å². The van der Waals surface area contributed by atoms with Gasteiger partial charge in [-0.3, -0.25) is 4.79 Å². The lowest BCUT2D eigenvalue weighted by Crippen LogP contribution is -2.41. The van der Waals surface area contributed by atoms with Crippen LogP contribution >= 0.6 is 0 Å². The molecular formula is C17H26N2O. The second kappa shape index (κ2) is 6.13. The zero-order valence-corrected chi connectivity index (χ0v) is 12.5. The van der Waals surface area contributed by atoms with E-state index in [9.17, 15) is 4.79 Å². The van der Waals surface area contributed by atoms with Gasteiger partial charge in [-0.1, -0.05) is 32.3 Å². The van der Waals surface area contributed by atoms with Crippen molar-refractivity contribution in [3.05, 3.63) is 33.7 Å². The van der Waals surface area contributed by atoms with Crippen molar-refractivity contribution >= 4 is 0 Å². The first-order chi connectivity index (χ1) is 9.78. The fourth-order valence-corrected chi connectivity index (χ4v) is 4.05. The normalized spacial score (nSPS) is 29.9. The summed E-state index contributed by atoms with van der Waals surface area (Å²) in [5.41, 5.74) is 2.52. The predicted molar refractivity (Wildman–Crippen MR) is 81.9 cm³/mol. The highest BCUT2D eigenvalue weighted by atomic mass is 16.1. The summed E-state index contributed by atoms with van der Waals surface area (Å²) in [5.74, 6) is 0.830. The number of H-pyrrole nitrogens is 1. The van der Waals surface area contributed by atoms with Crippen LogP contribution in [0.25, 0.3) is 0 Å². The van der Waals surface area contributed by atoms with Gasteiger partial charge in [-0.2, -0.15) is 0 Å². The lowest BCUT2D eigenvalue weighted by Gasteiger charge is -2.36. The van der Waals surface area contributed by atoms with Crippen molar-refractivity contribution in [2.45, 2.75) is 70.4 Å². The Kier molecular flexibility index (Phi) is 4.25. The van der Waals surface area contributed by atoms with Gasteiger partial charge in [0.2, 0.25) is 5.56 Å². The molecule has 0 aromatic carbocycles. The Hall–Kier alpha value is -1.09. The van der Waals surface area contributed by atoms with Crippen LogP contribution in [-0.2, 0) is 6.42 Å². The van der Waals surface area contributed by atoms with E-state index < -0.39 is 0 Å². The number of rotatable bonds is 3. The molecular weight excluding hydrogens is 248 g/mol. The lowest BCUT2D eigenvalue weighted by molar-refractivity contribution is 0.229. The third-order valence-corrected chi connectivity index (χ3v) is 5.18. The Bertz CT molecular complexity index is 508. The number of aromatic amines is 1. The van der Waals surface area contributed by atoms with Crippen molar-refractivity contribution in [3.8, 4) is 0 Å². The van der Waals surface area contributed by atoms with Crippen molar-refractivity contribution in [2.24, 2.45) is 5.92 Å². The fraction of sp³-hybridized carbons (Fsp3) is 0.706. The third kappa shape index (κ3) is 2.83. The zero-order chi connectivity index (χ0) is 13.9. The molecule has 3 atom stereocenters. The van der Waals surface area contributed by atoms with Gasteiger partial charge in [-0.15, -0.1) is 0 Å². The van der Waals surface area contributed by atoms with Gasteiger partial charge >= 0.3 is 0 Å². The molecule has 1 aromatic rings. The maximum atomic E-state index is 11.5. The van der Waals surface area contributed by atoms with Gasteiger partial charge in [0, 0.05) is 23.8 Å². The van der Waals surface area contributed by atoms with Gasteiger partial charge in [-0.25, -0.2) is 0 Å². The summed E-state index contributed by atoms with van der Waals surface area (Å²) < 4.78 is 0. The van der Waals surface area contributed by atoms with Gasteiger partial charge in [0.1, 0.15) is 0 Å². The summed E-state index contributed by atoms with van der Waals surface area (Å²) in [6.07, 6.45) is 10.1. The van der Waals surface area contributed by atoms with Crippen LogP contribution in [0, 0.1) is 5.92 Å². The number of aryl methyl sites for hydroxylation is 1. The van der Waals surface area contributed by atoms with Crippen molar-refractivity contribution < 1.29 is 0 Å². The molecule has 0 saturated heterocycles. The molecule has 3 unspecified atom stereocenters. The van der Waals surface area contributed by atoms with Gasteiger partial charge in [0.05, 0.1) is 0 Å². The zero-order valence-electron chi connectivity index (χ0n) is 12.5. The fourth-order valence-electron chi connectivity index (χ4n) is 4.05. The Labute approximate surface area is 121 Å². The average molecular weight is 274 g/mol. The SMILES string of the molecule is CCC1CCCCC1NC1CCCc2[nH]c(=O)ccc21. The number of aromatic nitrogens is 1. The molecule has 1 saturated carbocycles. The van der Waals surface area contributed by atoms with Crippen LogP contribution in [0.5, 0.6) is 0 Å². The molecule has 0 bridgehead atoms. The standard InChI is InChI=1S/C17H26N2O/c1-2-12-6-3-4-7-14(12)18-15-8-5-9-16-13(15)10-11-17(20)19-16/h10-12,14-15,18H,2-9H2,1H3,(H,19,20). The van der Waals surface area contributed by atoms with Gasteiger partial charge in [-0.05, 0) is 43.6 Å². The summed E-state index contributed by atoms with van der Waals surface area (Å²) in [6, 6.07) is 4.82. The molecule has 2 aliphatic rings. The second-order valence-corrected chi connectivity index (χ2v) is 6.43. The average Bonchev–Trinajstić information content (AvgIpc) is 2.47. The van der Waals surface area contributed by atoms with E-state index in [1.54, 1.807) is 6.07 Å². The molecule has 2 N–H and O–H groups in total. The van der Waals surface area contributed by atoms with Crippen LogP contribution < -0.4 is 10.9 Å². The van der Waals surface area contributed by atoms with E-state index in [1.807, 2.05) is 6.07 Å². The van der Waals surface area contributed by atoms with E-state index in [2.05, 4.69) is 17.2 Å². The van der Waals surface area contributed by atoms with E-state index in [0.717, 1.165) is 18.0 Å². The van der Waals surface area contributed by atoms with Crippen LogP contribution in [0.15, 0.2) is 16.9 Å². The largest absolute Gasteiger partial charge is 0.326 e. The molecule has 3 nitrogen and oxygen atoms in total. The molecule has 3 rings (SSSR count). The van der Waals surface area contributed by atoms with E-state index >= 15 is 0 Å². The Morgan fingerprint density at radius 1 is 1.20 bits per heavy atom. The summed E-state index contributed by atoms with van der Waals surface area (Å²) in [4.78, 5) is 14.5. The van der Waals surface area contributed by atoms with E-state index in [4.69, 9.17) is 0 Å². The monoisotopic (exact) mass is 274 g/mol. The van der Waals surface area contributed by atoms with Crippen LogP contribution in [0.4, 0.5) is 0 Å². The first-order valence-corrected chi connectivity index (χ1v) is 8.26. The van der Waals surface area contributed by atoms with Crippen LogP contribution in [0.2, 0.25) is 0 Å². The Morgan fingerprint density at radius 3 is 2.90 bits per heavy atom. The van der Waals surface area contributed by atoms with Gasteiger partial charge < -0.3 is 10.3 Å². The topological polar surface area (TPSA) is 44.9 Å². The van der Waals surface area contributed by atoms with E-state index in [-0.39, 0.29) is 5.56 Å². The van der Waals surface area contributed by atoms with Gasteiger partial charge in [0.15, 0.2) is 0 Å². The molecule has 1 heterocycles. The van der Waals surface area contributed by atoms with Crippen LogP contribution in [-0.4, -0.2) is 11.0 Å². The van der Waals surface area contributed by atoms with Gasteiger partial charge in [0.25, 0.3) is 0 Å². The minimum atomic E-state index is 0.0356. The number of hydrogen-bond acceptors (Lipinski definition) is 2. The molecule has 0 aliphatic heterocycles. The van der Waals surface area contributed by atoms with Crippen molar-refractivity contribution in [1.29, 1.82) is 0 Å². The Morgan fingerprint density at radius 2 is 2.05 bits per heavy atom. The molecule has 0 spiro atoms. The van der Waals surface area contributed by atoms with Crippen molar-refractivity contribution in [3.63, 3.8) is 0 Å². The highest BCUT2D eigenvalue weighted by Crippen LogP contribution is 2.32. The number of nitrogens with one attached hydrogen (secondary N) is 2. The highest BCUT2D eigenvalue weighted by Gasteiger charge is 2.28. The predicted octanol–water partition coefficient (Wildman–Crippen LogP) is 3.31. The lowest BCUT2D eigenvalue weighted by atomic mass is 9.81. The van der Waals surface area contributed by atoms with Crippen molar-refractivity contribution in [1.82, 2.24) is 10.3 Å². The number of fused-ring (bicyclic) bond motifs is 1. The molecule has 3 heteroatoms. The summed E-state index contributed by atoms with van der Waals surface area (Å²) in [6.45, 7) is 2.32. The summed E-state index contributed by atoms with van der Waals surface area (Å²) in [7, 11) is 0. The molecule has 20 heavy (non-hydrogen) atoms. The minimum Gasteiger partial charge on any atom is -0.326 e. The smallest absolute Gasteiger partial charge is 0.248 e. The number of hydrogen-bond donors (Lipinski definition) is 2. The molecule has 1 aromatic heterocycles. The van der Waals surface area contributed by atoms with Crippen molar-refractivity contribution in [2.75, 3.05) is 0 Å². The summed E-state index contributed by atoms with van der Waals surface area (Å²) in [5, 5.41) is 3.91. The molecule has 0 amide bonds.